The van der Waals surface area contributed by atoms with E-state index in [0.29, 0.717) is 79.6 Å². The van der Waals surface area contributed by atoms with E-state index in [-0.39, 0.29) is 89.2 Å². The molecule has 0 radical (unpaired) electrons. The Bertz CT molecular complexity index is 5160. The second kappa shape index (κ2) is 50.6. The fourth-order valence-corrected chi connectivity index (χ4v) is 19.7. The summed E-state index contributed by atoms with van der Waals surface area (Å²) in [5.41, 5.74) is 8.70. The van der Waals surface area contributed by atoms with Gasteiger partial charge in [-0.05, 0) is 247 Å². The maximum Gasteiger partial charge on any atom is 0.273 e. The monoisotopic (exact) mass is 1870 g/mol. The van der Waals surface area contributed by atoms with E-state index in [1.54, 1.807) is 24.3 Å². The largest absolute Gasteiger partial charge is 0.355 e. The summed E-state index contributed by atoms with van der Waals surface area (Å²) in [7, 11) is 0. The van der Waals surface area contributed by atoms with Crippen LogP contribution >= 0.6 is 39.1 Å². The second-order valence-electron chi connectivity index (χ2n) is 36.0. The number of nitrogens with zero attached hydrogens (tertiary/aromatic N) is 7. The Labute approximate surface area is 792 Å². The maximum atomic E-state index is 14.2. The summed E-state index contributed by atoms with van der Waals surface area (Å²) in [6.45, 7) is 17.0. The highest BCUT2D eigenvalue weighted by molar-refractivity contribution is 9.10. The minimum atomic E-state index is -0.331. The van der Waals surface area contributed by atoms with Crippen LogP contribution in [0.2, 0.25) is 10.0 Å². The third-order valence-corrected chi connectivity index (χ3v) is 27.8. The van der Waals surface area contributed by atoms with Crippen LogP contribution in [-0.2, 0) is 19.2 Å². The lowest BCUT2D eigenvalue weighted by molar-refractivity contribution is -0.133. The summed E-state index contributed by atoms with van der Waals surface area (Å²) in [5, 5.41) is 27.5. The van der Waals surface area contributed by atoms with Crippen molar-refractivity contribution >= 4 is 91.4 Å². The summed E-state index contributed by atoms with van der Waals surface area (Å²) in [4.78, 5) is 94.9. The van der Waals surface area contributed by atoms with Gasteiger partial charge in [-0.3, -0.25) is 28.8 Å². The van der Waals surface area contributed by atoms with Crippen molar-refractivity contribution in [2.45, 2.75) is 170 Å². The lowest BCUT2D eigenvalue weighted by Gasteiger charge is -2.31. The molecule has 6 N–H and O–H groups in total. The number of halogens is 3. The summed E-state index contributed by atoms with van der Waals surface area (Å²) in [6.07, 6.45) is 21.3. The van der Waals surface area contributed by atoms with Crippen molar-refractivity contribution in [2.75, 3.05) is 118 Å². The molecule has 0 bridgehead atoms. The lowest BCUT2D eigenvalue weighted by atomic mass is 9.90. The lowest BCUT2D eigenvalue weighted by Crippen LogP contribution is -2.50. The van der Waals surface area contributed by atoms with E-state index in [4.69, 9.17) is 27.7 Å². The minimum absolute atomic E-state index is 0.0113. The zero-order valence-electron chi connectivity index (χ0n) is 75.8. The molecule has 0 spiro atoms. The summed E-state index contributed by atoms with van der Waals surface area (Å²) in [5.74, 6) is 0.920. The van der Waals surface area contributed by atoms with Crippen molar-refractivity contribution in [3.05, 3.63) is 308 Å². The van der Waals surface area contributed by atoms with E-state index in [2.05, 4.69) is 206 Å². The van der Waals surface area contributed by atoms with Gasteiger partial charge in [0.1, 0.15) is 0 Å². The van der Waals surface area contributed by atoms with Crippen molar-refractivity contribution in [2.24, 2.45) is 0 Å². The van der Waals surface area contributed by atoms with E-state index in [9.17, 15) is 28.8 Å². The summed E-state index contributed by atoms with van der Waals surface area (Å²) >= 11 is 15.6. The van der Waals surface area contributed by atoms with Crippen molar-refractivity contribution in [3.63, 3.8) is 0 Å². The standard InChI is InChI=1S/C37H42ClN5O3.C36H43BrN4O2.C35H45ClN4O2/c38-30-16-14-29(15-17-30)35-24-34(41-46-35)36(44)39-25-31-18-23-43(37(45)33(40-31)19-22-42-20-8-3-9-21-42)26-32(27-10-4-1-5-11-27)28-12-6-2-7-13-28;37-31-17-14-28(15-18-31)16-19-35(42)38-26-32-20-25-41(36(43)34(39-32)21-24-40-22-8-3-9-23-40)27-33(29-10-4-1-5-11-29)30-12-6-2-7-13-30;1-2-26(27-10-5-3-6-11-27)25-40-21-17-32(38-33(35(40)42)12-9-20-39-18-7-4-8-19-39)24-37-34(41)30-14-13-29-23-31(36)16-15-28(29)22-30/h1-2,4-7,10-17,24,31-33,40H,3,8-9,18-23,25-26H2,(H,39,44);1-2,4-7,10-19,32-34,39H,3,8-9,20-27H2,(H,38,42);3,5-6,10-11,13-16,22-23,26,32-33,38H,2,4,7-9,12,17-21,24-25H2,1H3,(H,37,41)/b;19-16+;/t31-,33-;32-,34-;26-,32+,33+/m001/s1. The molecular weight excluding hydrogens is 1740 g/mol. The molecule has 690 valence electrons. The highest BCUT2D eigenvalue weighted by atomic mass is 79.9. The molecule has 9 aromatic carbocycles. The van der Waals surface area contributed by atoms with Gasteiger partial charge in [0.15, 0.2) is 11.5 Å². The average Bonchev–Trinajstić information content (AvgIpc) is 1.58. The molecule has 131 heavy (non-hydrogen) atoms. The molecule has 7 atom stereocenters. The number of nitrogens with one attached hydrogen (secondary N) is 6. The first-order chi connectivity index (χ1) is 64.1. The molecule has 1 aromatic heterocycles. The van der Waals surface area contributed by atoms with Gasteiger partial charge in [-0.15, -0.1) is 0 Å². The zero-order chi connectivity index (χ0) is 90.9. The predicted molar refractivity (Wildman–Crippen MR) is 531 cm³/mol. The molecule has 6 aliphatic heterocycles. The summed E-state index contributed by atoms with van der Waals surface area (Å²) in [6, 6.07) is 79.6. The van der Waals surface area contributed by atoms with Gasteiger partial charge in [0.05, 0.1) is 18.1 Å². The van der Waals surface area contributed by atoms with E-state index in [1.807, 2.05) is 114 Å². The van der Waals surface area contributed by atoms with Crippen LogP contribution in [-0.4, -0.2) is 224 Å². The molecule has 10 aromatic rings. The highest BCUT2D eigenvalue weighted by Crippen LogP contribution is 2.32. The Morgan fingerprint density at radius 1 is 0.443 bits per heavy atom. The minimum Gasteiger partial charge on any atom is -0.355 e. The van der Waals surface area contributed by atoms with E-state index < -0.39 is 0 Å². The number of hydrogen-bond acceptors (Lipinski definition) is 14. The first-order valence-electron chi connectivity index (χ1n) is 47.8. The SMILES string of the molecule is CC[C@H](CN1CC[C@@H](CNC(=O)c2ccc3cc(Cl)ccc3c2)N[C@@H](CCCN2CCCCC2)C1=O)c1ccccc1.O=C(/C=C/c1ccc(Br)cc1)NC[C@@H]1CCN(CC(c2ccccc2)c2ccccc2)C(=O)[C@H](CCN2CCCCC2)N1.O=C(NC[C@@H]1CCN(CC(c2ccccc2)c2ccccc2)C(=O)[C@H](CCN2CCCCC2)N1)c1cc(-c2ccc(Cl)cc2)on1. The number of likely N-dealkylation sites (tertiary alicyclic amines) is 3. The molecular formula is C108H130BrCl2N13O7. The Balaban J connectivity index is 0.000000158. The van der Waals surface area contributed by atoms with Crippen LogP contribution in [0, 0.1) is 0 Å². The number of fused-ring (bicyclic) bond motifs is 1. The average molecular weight is 1870 g/mol. The fourth-order valence-electron chi connectivity index (χ4n) is 19.2. The molecule has 0 aliphatic carbocycles. The number of carbonyl (C=O) groups is 6. The molecule has 6 saturated heterocycles. The van der Waals surface area contributed by atoms with Gasteiger partial charge >= 0.3 is 0 Å². The molecule has 0 saturated carbocycles. The van der Waals surface area contributed by atoms with Crippen LogP contribution in [0.5, 0.6) is 0 Å². The number of aromatic nitrogens is 1. The fraction of sp³-hybridized carbons (Fsp3) is 0.417. The Morgan fingerprint density at radius 2 is 0.855 bits per heavy atom. The molecule has 23 heteroatoms. The van der Waals surface area contributed by atoms with Crippen LogP contribution in [0.3, 0.4) is 0 Å². The Hall–Kier alpha value is -10.2. The zero-order valence-corrected chi connectivity index (χ0v) is 78.9. The van der Waals surface area contributed by atoms with Gasteiger partial charge in [0.2, 0.25) is 23.6 Å². The van der Waals surface area contributed by atoms with Crippen molar-refractivity contribution < 1.29 is 33.3 Å². The Morgan fingerprint density at radius 3 is 1.33 bits per heavy atom. The first-order valence-corrected chi connectivity index (χ1v) is 49.4. The second-order valence-corrected chi connectivity index (χ2v) is 37.8. The first kappa shape index (κ1) is 96.9. The van der Waals surface area contributed by atoms with E-state index in [0.717, 1.165) is 130 Å². The molecule has 0 unspecified atom stereocenters. The van der Waals surface area contributed by atoms with E-state index >= 15 is 0 Å². The molecule has 20 nitrogen and oxygen atoms in total. The number of piperidine rings is 3. The smallest absolute Gasteiger partial charge is 0.273 e. The Kier molecular flexibility index (Phi) is 37.4. The predicted octanol–water partition coefficient (Wildman–Crippen LogP) is 18.1. The maximum absolute atomic E-state index is 14.2. The van der Waals surface area contributed by atoms with Crippen LogP contribution in [0.1, 0.15) is 188 Å². The van der Waals surface area contributed by atoms with Gasteiger partial charge in [-0.1, -0.05) is 246 Å². The van der Waals surface area contributed by atoms with Crippen LogP contribution in [0.15, 0.2) is 258 Å². The van der Waals surface area contributed by atoms with Crippen molar-refractivity contribution in [1.82, 2.24) is 66.5 Å². The van der Waals surface area contributed by atoms with Gasteiger partial charge in [0.25, 0.3) is 11.8 Å². The highest BCUT2D eigenvalue weighted by Gasteiger charge is 2.37. The van der Waals surface area contributed by atoms with Gasteiger partial charge in [0, 0.05) is 146 Å². The quantitative estimate of drug-likeness (QED) is 0.0211. The van der Waals surface area contributed by atoms with Crippen molar-refractivity contribution in [1.29, 1.82) is 0 Å². The number of benzene rings is 9. The molecule has 6 aliphatic rings. The number of amides is 6. The summed E-state index contributed by atoms with van der Waals surface area (Å²) < 4.78 is 6.45. The van der Waals surface area contributed by atoms with E-state index in [1.165, 1.54) is 98.7 Å². The third kappa shape index (κ3) is 29.4. The molecule has 7 heterocycles. The number of hydrogen-bond donors (Lipinski definition) is 6. The van der Waals surface area contributed by atoms with Crippen LogP contribution in [0.25, 0.3) is 28.2 Å². The van der Waals surface area contributed by atoms with Crippen molar-refractivity contribution in [3.8, 4) is 11.3 Å². The third-order valence-electron chi connectivity index (χ3n) is 26.8. The number of rotatable bonds is 33. The molecule has 6 fully saturated rings. The molecule has 6 amide bonds. The topological polar surface area (TPSA) is 220 Å². The van der Waals surface area contributed by atoms with Crippen LogP contribution in [0.4, 0.5) is 0 Å². The van der Waals surface area contributed by atoms with Gasteiger partial charge < -0.3 is 65.8 Å². The van der Waals surface area contributed by atoms with Gasteiger partial charge in [-0.25, -0.2) is 0 Å². The normalized spacial score (nSPS) is 20.0. The van der Waals surface area contributed by atoms with Crippen LogP contribution < -0.4 is 31.9 Å². The molecule has 16 rings (SSSR count). The van der Waals surface area contributed by atoms with Gasteiger partial charge in [-0.2, -0.15) is 0 Å². The number of carbonyl (C=O) groups excluding carboxylic acids is 6.